The molecule has 1 aliphatic carbocycles. The number of carbonyl (C=O) groups is 2. The fourth-order valence-corrected chi connectivity index (χ4v) is 10.3. The molecule has 2 unspecified atom stereocenters. The molecule has 2 amide bonds. The first kappa shape index (κ1) is 44.2. The van der Waals surface area contributed by atoms with Gasteiger partial charge >= 0.3 is 5.92 Å². The fraction of sp³-hybridized carbons (Fsp3) is 0.500. The number of benzene rings is 2. The van der Waals surface area contributed by atoms with Gasteiger partial charge in [-0.25, -0.2) is 35.7 Å². The van der Waals surface area contributed by atoms with Crippen LogP contribution in [0.3, 0.4) is 0 Å². The molecule has 0 spiro atoms. The molecule has 10 rings (SSSR count). The van der Waals surface area contributed by atoms with E-state index >= 15 is 30.7 Å². The zero-order chi connectivity index (χ0) is 46.6. The number of anilines is 4. The maximum Gasteiger partial charge on any atom is 0.301 e. The minimum absolute atomic E-state index is 0.00284. The highest BCUT2D eigenvalue weighted by molar-refractivity contribution is 6.33. The van der Waals surface area contributed by atoms with Gasteiger partial charge < -0.3 is 29.7 Å². The van der Waals surface area contributed by atoms with Crippen molar-refractivity contribution < 1.29 is 45.1 Å². The Kier molecular flexibility index (Phi) is 10.9. The number of hydrogen-bond acceptors (Lipinski definition) is 11. The SMILES string of the molecule is Cn1nc(C2CCC(=O)NC2=O)c2cc(F)c(C3CCN(C[C@H]4CCN(c5ncc(Cl)c(Nc6cc7c8c(c(=O)n(C)c7cc6F)OCC(F)(F)C(C6CC6)N8)n5)CC4(F)F)CC3)c(F)c21. The molecule has 14 nitrogen and oxygen atoms in total. The number of fused-ring (bicyclic) bond motifs is 4. The first-order valence-electron chi connectivity index (χ1n) is 21.8. The molecule has 0 bridgehead atoms. The molecule has 2 aromatic carbocycles. The number of imide groups is 1. The Hall–Kier alpha value is -5.70. The number of alkyl halides is 4. The second-order valence-electron chi connectivity index (χ2n) is 18.2. The van der Waals surface area contributed by atoms with Crippen LogP contribution in [0.25, 0.3) is 21.8 Å². The zero-order valence-electron chi connectivity index (χ0n) is 35.7. The van der Waals surface area contributed by atoms with Gasteiger partial charge in [0.25, 0.3) is 11.5 Å². The average Bonchev–Trinajstić information content (AvgIpc) is 4.07. The number of piperidine rings is 3. The predicted molar refractivity (Wildman–Crippen MR) is 229 cm³/mol. The summed E-state index contributed by atoms with van der Waals surface area (Å²) in [5.41, 5.74) is -0.674. The third kappa shape index (κ3) is 7.74. The molecule has 3 saturated heterocycles. The number of aryl methyl sites for hydroxylation is 2. The van der Waals surface area contributed by atoms with E-state index < -0.39 is 83.6 Å². The Balaban J connectivity index is 0.815. The summed E-state index contributed by atoms with van der Waals surface area (Å²) >= 11 is 6.45. The quantitative estimate of drug-likeness (QED) is 0.108. The van der Waals surface area contributed by atoms with Crippen LogP contribution in [0, 0.1) is 29.3 Å². The van der Waals surface area contributed by atoms with E-state index in [2.05, 4.69) is 31.0 Å². The van der Waals surface area contributed by atoms with Crippen molar-refractivity contribution in [3.8, 4) is 5.75 Å². The standard InChI is InChI=1S/C44H44ClF7N10O4/c1-59-30-15-27(46)29(14-24(30)35-37(41(59)65)66-19-44(51,52)38(56-35)21-3-4-21)54-39-26(45)16-53-42(57-39)62-12-9-22(43(49,50)18-62)17-61-10-7-20(8-11-61)32-28(47)13-25-34(58-60(2)36(25)33(32)48)23-5-6-31(63)55-40(23)64/h13-16,20-23,38,56H,3-12,17-19H2,1-2H3,(H,53,54,57)(H,55,63,64)/t22-,23?,38?/m1/s1. The van der Waals surface area contributed by atoms with Gasteiger partial charge in [0, 0.05) is 61.9 Å². The number of aromatic nitrogens is 5. The van der Waals surface area contributed by atoms with E-state index in [4.69, 9.17) is 16.3 Å². The molecule has 0 radical (unpaired) electrons. The Bertz CT molecular complexity index is 2880. The molecule has 350 valence electrons. The van der Waals surface area contributed by atoms with Crippen LogP contribution in [-0.4, -0.2) is 98.2 Å². The third-order valence-corrected chi connectivity index (χ3v) is 14.1. The lowest BCUT2D eigenvalue weighted by molar-refractivity contribution is -0.134. The zero-order valence-corrected chi connectivity index (χ0v) is 36.4. The lowest BCUT2D eigenvalue weighted by atomic mass is 9.86. The van der Waals surface area contributed by atoms with Crippen LogP contribution in [0.5, 0.6) is 5.75 Å². The van der Waals surface area contributed by atoms with Crippen LogP contribution in [-0.2, 0) is 23.7 Å². The van der Waals surface area contributed by atoms with Crippen molar-refractivity contribution in [3.05, 3.63) is 68.5 Å². The minimum atomic E-state index is -3.29. The van der Waals surface area contributed by atoms with Crippen LogP contribution < -0.4 is 31.1 Å². The van der Waals surface area contributed by atoms with Gasteiger partial charge in [-0.3, -0.25) is 24.4 Å². The summed E-state index contributed by atoms with van der Waals surface area (Å²) in [6.07, 6.45) is 3.27. The molecule has 5 aromatic rings. The lowest BCUT2D eigenvalue weighted by Gasteiger charge is -2.41. The lowest BCUT2D eigenvalue weighted by Crippen LogP contribution is -2.53. The molecular weight excluding hydrogens is 901 g/mol. The van der Waals surface area contributed by atoms with Gasteiger partial charge in [-0.2, -0.15) is 10.1 Å². The molecule has 3 atom stereocenters. The topological polar surface area (TPSA) is 152 Å². The highest BCUT2D eigenvalue weighted by Gasteiger charge is 2.51. The van der Waals surface area contributed by atoms with Gasteiger partial charge in [0.2, 0.25) is 23.5 Å². The molecular formula is C44H44ClF7N10O4. The van der Waals surface area contributed by atoms with Gasteiger partial charge in [0.1, 0.15) is 22.2 Å². The van der Waals surface area contributed by atoms with E-state index in [0.29, 0.717) is 38.8 Å². The number of nitrogens with zero attached hydrogens (tertiary/aromatic N) is 7. The van der Waals surface area contributed by atoms with E-state index in [-0.39, 0.29) is 105 Å². The second kappa shape index (κ2) is 16.3. The first-order valence-corrected chi connectivity index (χ1v) is 22.2. The van der Waals surface area contributed by atoms with E-state index in [1.807, 2.05) is 4.90 Å². The summed E-state index contributed by atoms with van der Waals surface area (Å²) in [5, 5.41) is 12.6. The second-order valence-corrected chi connectivity index (χ2v) is 18.6. The third-order valence-electron chi connectivity index (χ3n) is 13.8. The van der Waals surface area contributed by atoms with Crippen molar-refractivity contribution in [1.82, 2.24) is 34.5 Å². The normalized spacial score (nSPS) is 23.6. The van der Waals surface area contributed by atoms with E-state index in [1.165, 1.54) is 42.0 Å². The van der Waals surface area contributed by atoms with Gasteiger partial charge in [0.05, 0.1) is 47.3 Å². The number of rotatable bonds is 8. The highest BCUT2D eigenvalue weighted by Crippen LogP contribution is 2.47. The number of halogens is 8. The van der Waals surface area contributed by atoms with Crippen molar-refractivity contribution in [2.24, 2.45) is 25.9 Å². The van der Waals surface area contributed by atoms with Crippen LogP contribution in [0.1, 0.15) is 68.0 Å². The fourth-order valence-electron chi connectivity index (χ4n) is 10.1. The maximum atomic E-state index is 16.2. The number of nitrogens with one attached hydrogen (secondary N) is 3. The number of likely N-dealkylation sites (tertiary alicyclic amines) is 1. The van der Waals surface area contributed by atoms with Crippen molar-refractivity contribution in [2.75, 3.05) is 54.9 Å². The Morgan fingerprint density at radius 1 is 0.924 bits per heavy atom. The van der Waals surface area contributed by atoms with Crippen LogP contribution in [0.15, 0.2) is 29.2 Å². The van der Waals surface area contributed by atoms with Gasteiger partial charge in [-0.1, -0.05) is 11.6 Å². The molecule has 4 aliphatic heterocycles. The van der Waals surface area contributed by atoms with Crippen LogP contribution in [0.2, 0.25) is 5.02 Å². The smallest absolute Gasteiger partial charge is 0.301 e. The molecule has 3 N–H and O–H groups in total. The van der Waals surface area contributed by atoms with Crippen molar-refractivity contribution >= 4 is 68.4 Å². The highest BCUT2D eigenvalue weighted by atomic mass is 35.5. The van der Waals surface area contributed by atoms with E-state index in [1.54, 1.807) is 0 Å². The molecule has 66 heavy (non-hydrogen) atoms. The van der Waals surface area contributed by atoms with Crippen molar-refractivity contribution in [3.63, 3.8) is 0 Å². The molecule has 1 saturated carbocycles. The number of ether oxygens (including phenoxy) is 1. The summed E-state index contributed by atoms with van der Waals surface area (Å²) in [7, 11) is 2.88. The molecule has 7 heterocycles. The van der Waals surface area contributed by atoms with Crippen LogP contribution in [0.4, 0.5) is 53.9 Å². The molecule has 3 aromatic heterocycles. The molecule has 4 fully saturated rings. The van der Waals surface area contributed by atoms with Gasteiger partial charge in [0.15, 0.2) is 18.2 Å². The van der Waals surface area contributed by atoms with E-state index in [0.717, 1.165) is 10.6 Å². The number of pyridine rings is 1. The maximum absolute atomic E-state index is 16.2. The van der Waals surface area contributed by atoms with Gasteiger partial charge in [-0.15, -0.1) is 0 Å². The monoisotopic (exact) mass is 944 g/mol. The number of hydrogen-bond donors (Lipinski definition) is 3. The summed E-state index contributed by atoms with van der Waals surface area (Å²) in [6, 6.07) is 2.26. The van der Waals surface area contributed by atoms with Crippen LogP contribution >= 0.6 is 11.6 Å². The first-order chi connectivity index (χ1) is 31.4. The summed E-state index contributed by atoms with van der Waals surface area (Å²) in [4.78, 5) is 49.3. The number of amides is 2. The van der Waals surface area contributed by atoms with E-state index in [9.17, 15) is 14.4 Å². The molecule has 5 aliphatic rings. The summed E-state index contributed by atoms with van der Waals surface area (Å²) in [6.45, 7) is -0.922. The average molecular weight is 945 g/mol. The molecule has 22 heteroatoms. The van der Waals surface area contributed by atoms with Crippen molar-refractivity contribution in [2.45, 2.75) is 74.7 Å². The predicted octanol–water partition coefficient (Wildman–Crippen LogP) is 7.11. The van der Waals surface area contributed by atoms with Gasteiger partial charge in [-0.05, 0) is 75.6 Å². The Morgan fingerprint density at radius 3 is 2.39 bits per heavy atom. The van der Waals surface area contributed by atoms with Crippen molar-refractivity contribution in [1.29, 1.82) is 0 Å². The minimum Gasteiger partial charge on any atom is -0.480 e. The Labute approximate surface area is 376 Å². The Morgan fingerprint density at radius 2 is 1.68 bits per heavy atom. The summed E-state index contributed by atoms with van der Waals surface area (Å²) in [5.74, 6) is -13.2. The number of carbonyl (C=O) groups excluding carboxylic acids is 2. The largest absolute Gasteiger partial charge is 0.480 e. The summed E-state index contributed by atoms with van der Waals surface area (Å²) < 4.78 is 118.